The second-order valence-corrected chi connectivity index (χ2v) is 9.36. The van der Waals surface area contributed by atoms with Crippen LogP contribution in [0.1, 0.15) is 53.8 Å². The first-order chi connectivity index (χ1) is 13.8. The number of aromatic nitrogens is 2. The molecule has 1 aromatic carbocycles. The van der Waals surface area contributed by atoms with Crippen molar-refractivity contribution in [2.45, 2.75) is 66.0 Å². The zero-order chi connectivity index (χ0) is 22.7. The van der Waals surface area contributed by atoms with Gasteiger partial charge in [-0.1, -0.05) is 6.92 Å². The first-order valence-electron chi connectivity index (χ1n) is 10.1. The first kappa shape index (κ1) is 23.6. The van der Waals surface area contributed by atoms with E-state index in [1.54, 1.807) is 31.3 Å². The highest BCUT2D eigenvalue weighted by Crippen LogP contribution is 2.31. The van der Waals surface area contributed by atoms with Crippen molar-refractivity contribution in [1.29, 1.82) is 0 Å². The summed E-state index contributed by atoms with van der Waals surface area (Å²) in [6, 6.07) is 6.49. The van der Waals surface area contributed by atoms with Gasteiger partial charge in [-0.3, -0.25) is 4.90 Å². The molecular weight excluding hydrogens is 385 g/mol. The fourth-order valence-electron chi connectivity index (χ4n) is 4.08. The van der Waals surface area contributed by atoms with Gasteiger partial charge >= 0.3 is 6.09 Å². The van der Waals surface area contributed by atoms with Crippen LogP contribution < -0.4 is 4.74 Å². The van der Waals surface area contributed by atoms with Gasteiger partial charge in [-0.15, -0.1) is 0 Å². The summed E-state index contributed by atoms with van der Waals surface area (Å²) >= 11 is 0. The van der Waals surface area contributed by atoms with E-state index >= 15 is 0 Å². The number of halogens is 1. The van der Waals surface area contributed by atoms with Gasteiger partial charge in [-0.25, -0.2) is 19.2 Å². The molecule has 6 nitrogen and oxygen atoms in total. The largest absolute Gasteiger partial charge is 0.490 e. The predicted octanol–water partition coefficient (Wildman–Crippen LogP) is 5.55. The second-order valence-electron chi connectivity index (χ2n) is 9.36. The van der Waals surface area contributed by atoms with Crippen molar-refractivity contribution in [1.82, 2.24) is 14.9 Å². The van der Waals surface area contributed by atoms with Crippen LogP contribution in [0, 0.1) is 18.7 Å². The molecule has 0 aliphatic carbocycles. The Kier molecular flexibility index (Phi) is 7.06. The highest BCUT2D eigenvalue weighted by molar-refractivity contribution is 5.67. The molecule has 1 aromatic heterocycles. The van der Waals surface area contributed by atoms with Gasteiger partial charge in [-0.05, 0) is 78.1 Å². The van der Waals surface area contributed by atoms with E-state index < -0.39 is 23.0 Å². The molecule has 1 heterocycles. The quantitative estimate of drug-likeness (QED) is 0.639. The number of carboxylic acid groups (broad SMARTS) is 1. The highest BCUT2D eigenvalue weighted by atomic mass is 19.1. The third-order valence-corrected chi connectivity index (χ3v) is 4.84. The van der Waals surface area contributed by atoms with Gasteiger partial charge in [0.2, 0.25) is 0 Å². The molecule has 1 N–H and O–H groups in total. The molecule has 30 heavy (non-hydrogen) atoms. The lowest BCUT2D eigenvalue weighted by Crippen LogP contribution is -2.57. The Hall–Kier alpha value is -2.70. The van der Waals surface area contributed by atoms with E-state index in [-0.39, 0.29) is 18.3 Å². The summed E-state index contributed by atoms with van der Waals surface area (Å²) in [5.74, 6) is 0.348. The number of hydrogen-bond acceptors (Lipinski definition) is 4. The number of ether oxygens (including phenoxy) is 1. The molecule has 0 radical (unpaired) electrons. The molecule has 0 saturated carbocycles. The van der Waals surface area contributed by atoms with Crippen LogP contribution in [0.2, 0.25) is 0 Å². The summed E-state index contributed by atoms with van der Waals surface area (Å²) in [6.45, 7) is 13.5. The van der Waals surface area contributed by atoms with E-state index in [1.807, 2.05) is 41.5 Å². The number of benzene rings is 1. The van der Waals surface area contributed by atoms with E-state index in [0.717, 1.165) is 0 Å². The minimum Gasteiger partial charge on any atom is -0.490 e. The smallest absolute Gasteiger partial charge is 0.408 e. The van der Waals surface area contributed by atoms with Crippen molar-refractivity contribution in [3.8, 4) is 17.0 Å². The fraction of sp³-hybridized carbons (Fsp3) is 0.522. The van der Waals surface area contributed by atoms with E-state index in [4.69, 9.17) is 4.74 Å². The van der Waals surface area contributed by atoms with Crippen molar-refractivity contribution in [3.05, 3.63) is 42.1 Å². The molecule has 1 amide bonds. The van der Waals surface area contributed by atoms with Crippen LogP contribution in [0.5, 0.6) is 5.75 Å². The molecule has 0 bridgehead atoms. The number of amides is 1. The van der Waals surface area contributed by atoms with E-state index in [2.05, 4.69) is 9.97 Å². The predicted molar refractivity (Wildman–Crippen MR) is 115 cm³/mol. The van der Waals surface area contributed by atoms with E-state index in [1.165, 1.54) is 11.0 Å². The number of hydrogen-bond donors (Lipinski definition) is 1. The normalized spacial score (nSPS) is 13.1. The van der Waals surface area contributed by atoms with Gasteiger partial charge in [0.1, 0.15) is 5.82 Å². The molecule has 7 heteroatoms. The summed E-state index contributed by atoms with van der Waals surface area (Å²) in [7, 11) is 0. The second kappa shape index (κ2) is 8.98. The maximum absolute atomic E-state index is 14.6. The molecule has 0 saturated heterocycles. The SMILES string of the molecule is Cc1nccc(-c2ccc(OC[C@@H](C)CC(C)(C)N(C(=O)O)C(C)(C)C)c(F)c2)n1. The van der Waals surface area contributed by atoms with Gasteiger partial charge in [-0.2, -0.15) is 0 Å². The zero-order valence-electron chi connectivity index (χ0n) is 18.9. The standard InChI is InChI=1S/C23H32FN3O3/c1-15(13-23(6,7)27(21(28)29)22(3,4)5)14-30-20-9-8-17(12-18(20)24)19-10-11-25-16(2)26-19/h8-12,15H,13-14H2,1-7H3,(H,28,29)/t15-/m0/s1. The molecular formula is C23H32FN3O3. The Morgan fingerprint density at radius 3 is 2.43 bits per heavy atom. The van der Waals surface area contributed by atoms with E-state index in [9.17, 15) is 14.3 Å². The van der Waals surface area contributed by atoms with Gasteiger partial charge in [0.25, 0.3) is 0 Å². The minimum absolute atomic E-state index is 0.0211. The highest BCUT2D eigenvalue weighted by Gasteiger charge is 2.39. The van der Waals surface area contributed by atoms with Crippen molar-refractivity contribution in [3.63, 3.8) is 0 Å². The first-order valence-corrected chi connectivity index (χ1v) is 10.1. The summed E-state index contributed by atoms with van der Waals surface area (Å²) in [5.41, 5.74) is 0.179. The fourth-order valence-corrected chi connectivity index (χ4v) is 4.08. The van der Waals surface area contributed by atoms with Gasteiger partial charge in [0.15, 0.2) is 11.6 Å². The molecule has 0 spiro atoms. The van der Waals surface area contributed by atoms with Gasteiger partial charge < -0.3 is 9.84 Å². The van der Waals surface area contributed by atoms with Crippen molar-refractivity contribution >= 4 is 6.09 Å². The molecule has 2 rings (SSSR count). The van der Waals surface area contributed by atoms with Gasteiger partial charge in [0.05, 0.1) is 12.3 Å². The van der Waals surface area contributed by atoms with Crippen molar-refractivity contribution in [2.75, 3.05) is 6.61 Å². The van der Waals surface area contributed by atoms with Crippen LogP contribution in [-0.4, -0.2) is 43.8 Å². The zero-order valence-corrected chi connectivity index (χ0v) is 18.9. The molecule has 2 aromatic rings. The lowest BCUT2D eigenvalue weighted by Gasteiger charge is -2.46. The number of aryl methyl sites for hydroxylation is 1. The Labute approximate surface area is 178 Å². The third-order valence-electron chi connectivity index (χ3n) is 4.84. The van der Waals surface area contributed by atoms with Crippen LogP contribution in [0.3, 0.4) is 0 Å². The van der Waals surface area contributed by atoms with Crippen LogP contribution in [0.15, 0.2) is 30.5 Å². The number of carbonyl (C=O) groups is 1. The van der Waals surface area contributed by atoms with Crippen LogP contribution >= 0.6 is 0 Å². The van der Waals surface area contributed by atoms with Gasteiger partial charge in [0, 0.05) is 22.8 Å². The lowest BCUT2D eigenvalue weighted by molar-refractivity contribution is 0.0186. The minimum atomic E-state index is -0.956. The van der Waals surface area contributed by atoms with E-state index in [0.29, 0.717) is 23.5 Å². The Balaban J connectivity index is 2.05. The van der Waals surface area contributed by atoms with Crippen LogP contribution in [-0.2, 0) is 0 Å². The summed E-state index contributed by atoms with van der Waals surface area (Å²) in [6.07, 6.45) is 1.26. The monoisotopic (exact) mass is 417 g/mol. The topological polar surface area (TPSA) is 75.5 Å². The Morgan fingerprint density at radius 1 is 1.23 bits per heavy atom. The molecule has 164 valence electrons. The molecule has 0 fully saturated rings. The summed E-state index contributed by atoms with van der Waals surface area (Å²) in [4.78, 5) is 21.6. The molecule has 1 atom stereocenters. The summed E-state index contributed by atoms with van der Waals surface area (Å²) in [5, 5.41) is 9.67. The Morgan fingerprint density at radius 2 is 1.90 bits per heavy atom. The van der Waals surface area contributed by atoms with Crippen LogP contribution in [0.4, 0.5) is 9.18 Å². The Bertz CT molecular complexity index is 894. The maximum Gasteiger partial charge on any atom is 0.408 e. The van der Waals surface area contributed by atoms with Crippen molar-refractivity contribution in [2.24, 2.45) is 5.92 Å². The number of rotatable bonds is 7. The number of nitrogens with zero attached hydrogens (tertiary/aromatic N) is 3. The molecule has 0 unspecified atom stereocenters. The third kappa shape index (κ3) is 5.90. The molecule has 0 aliphatic heterocycles. The van der Waals surface area contributed by atoms with Crippen LogP contribution in [0.25, 0.3) is 11.3 Å². The molecule has 0 aliphatic rings. The maximum atomic E-state index is 14.6. The summed E-state index contributed by atoms with van der Waals surface area (Å²) < 4.78 is 20.3. The lowest BCUT2D eigenvalue weighted by atomic mass is 9.87. The average Bonchev–Trinajstić information content (AvgIpc) is 2.58. The van der Waals surface area contributed by atoms with Crippen molar-refractivity contribution < 1.29 is 19.0 Å². The average molecular weight is 418 g/mol.